The molecule has 0 spiro atoms. The number of rotatable bonds is 5. The number of nitrogens with zero attached hydrogens (tertiary/aromatic N) is 1. The van der Waals surface area contributed by atoms with E-state index in [1.807, 2.05) is 0 Å². The monoisotopic (exact) mass is 333 g/mol. The first kappa shape index (κ1) is 16.6. The van der Waals surface area contributed by atoms with Crippen LogP contribution in [-0.2, 0) is 4.74 Å². The van der Waals surface area contributed by atoms with Crippen molar-refractivity contribution in [3.05, 3.63) is 46.0 Å². The molecule has 0 atom stereocenters. The summed E-state index contributed by atoms with van der Waals surface area (Å²) in [5.41, 5.74) is 0.0404. The van der Waals surface area contributed by atoms with Crippen LogP contribution >= 0.6 is 0 Å². The molecule has 1 fully saturated rings. The van der Waals surface area contributed by atoms with Crippen molar-refractivity contribution in [1.82, 2.24) is 15.2 Å². The number of hydrogen-bond acceptors (Lipinski definition) is 4. The normalized spacial score (nSPS) is 15.5. The van der Waals surface area contributed by atoms with Crippen LogP contribution in [0.25, 0.3) is 10.9 Å². The molecule has 0 aliphatic carbocycles. The van der Waals surface area contributed by atoms with Crippen LogP contribution in [-0.4, -0.2) is 55.2 Å². The fourth-order valence-electron chi connectivity index (χ4n) is 2.78. The minimum absolute atomic E-state index is 0.000488. The fraction of sp³-hybridized carbons (Fsp3) is 0.412. The number of ether oxygens (including phenoxy) is 1. The van der Waals surface area contributed by atoms with Gasteiger partial charge in [-0.05, 0) is 31.2 Å². The van der Waals surface area contributed by atoms with Crippen LogP contribution in [0.1, 0.15) is 16.8 Å². The largest absolute Gasteiger partial charge is 0.379 e. The van der Waals surface area contributed by atoms with Gasteiger partial charge >= 0.3 is 0 Å². The number of H-pyrrole nitrogens is 1. The van der Waals surface area contributed by atoms with Gasteiger partial charge in [0.2, 0.25) is 5.43 Å². The summed E-state index contributed by atoms with van der Waals surface area (Å²) in [4.78, 5) is 29.7. The van der Waals surface area contributed by atoms with Crippen LogP contribution < -0.4 is 10.7 Å². The van der Waals surface area contributed by atoms with Crippen molar-refractivity contribution in [2.75, 3.05) is 39.4 Å². The van der Waals surface area contributed by atoms with Gasteiger partial charge in [0.25, 0.3) is 5.91 Å². The molecule has 6 nitrogen and oxygen atoms in total. The molecule has 2 aromatic rings. The first-order chi connectivity index (χ1) is 11.6. The Hall–Kier alpha value is -2.25. The van der Waals surface area contributed by atoms with E-state index in [0.717, 1.165) is 45.3 Å². The number of aromatic nitrogens is 1. The summed E-state index contributed by atoms with van der Waals surface area (Å²) in [6.45, 7) is 4.66. The average molecular weight is 333 g/mol. The Balaban J connectivity index is 1.59. The molecule has 24 heavy (non-hydrogen) atoms. The highest BCUT2D eigenvalue weighted by atomic mass is 19.1. The Morgan fingerprint density at radius 3 is 2.92 bits per heavy atom. The molecule has 2 heterocycles. The summed E-state index contributed by atoms with van der Waals surface area (Å²) in [5.74, 6) is -0.944. The van der Waals surface area contributed by atoms with Crippen molar-refractivity contribution >= 4 is 16.8 Å². The molecule has 1 aliphatic rings. The van der Waals surface area contributed by atoms with Crippen LogP contribution in [0.15, 0.2) is 29.2 Å². The smallest absolute Gasteiger partial charge is 0.256 e. The van der Waals surface area contributed by atoms with Crippen LogP contribution in [0.5, 0.6) is 0 Å². The number of benzene rings is 1. The Morgan fingerprint density at radius 1 is 1.33 bits per heavy atom. The zero-order valence-corrected chi connectivity index (χ0v) is 13.3. The fourth-order valence-corrected chi connectivity index (χ4v) is 2.78. The molecule has 1 saturated heterocycles. The number of amides is 1. The first-order valence-electron chi connectivity index (χ1n) is 8.04. The minimum atomic E-state index is -0.504. The van der Waals surface area contributed by atoms with Crippen molar-refractivity contribution in [2.24, 2.45) is 0 Å². The van der Waals surface area contributed by atoms with E-state index in [-0.39, 0.29) is 10.9 Å². The summed E-state index contributed by atoms with van der Waals surface area (Å²) in [5, 5.41) is 2.92. The average Bonchev–Trinajstić information content (AvgIpc) is 2.60. The van der Waals surface area contributed by atoms with E-state index < -0.39 is 17.2 Å². The van der Waals surface area contributed by atoms with Gasteiger partial charge in [-0.3, -0.25) is 14.5 Å². The quantitative estimate of drug-likeness (QED) is 0.804. The topological polar surface area (TPSA) is 74.4 Å². The molecule has 0 unspecified atom stereocenters. The summed E-state index contributed by atoms with van der Waals surface area (Å²) < 4.78 is 18.6. The van der Waals surface area contributed by atoms with Gasteiger partial charge in [-0.2, -0.15) is 0 Å². The molecule has 0 bridgehead atoms. The van der Waals surface area contributed by atoms with Gasteiger partial charge in [-0.15, -0.1) is 0 Å². The van der Waals surface area contributed by atoms with Crippen molar-refractivity contribution < 1.29 is 13.9 Å². The lowest BCUT2D eigenvalue weighted by Crippen LogP contribution is -2.38. The van der Waals surface area contributed by atoms with E-state index in [1.54, 1.807) is 0 Å². The lowest BCUT2D eigenvalue weighted by Gasteiger charge is -2.26. The van der Waals surface area contributed by atoms with Crippen LogP contribution in [0, 0.1) is 5.82 Å². The highest BCUT2D eigenvalue weighted by molar-refractivity contribution is 5.97. The van der Waals surface area contributed by atoms with Crippen LogP contribution in [0.3, 0.4) is 0 Å². The SMILES string of the molecule is O=C(NCCCN1CCOCC1)c1c[nH]c2ccc(F)cc2c1=O. The van der Waals surface area contributed by atoms with Crippen molar-refractivity contribution in [2.45, 2.75) is 6.42 Å². The van der Waals surface area contributed by atoms with Gasteiger partial charge in [0.1, 0.15) is 11.4 Å². The molecule has 1 amide bonds. The second-order valence-electron chi connectivity index (χ2n) is 5.78. The first-order valence-corrected chi connectivity index (χ1v) is 8.04. The third kappa shape index (κ3) is 3.80. The van der Waals surface area contributed by atoms with Crippen molar-refractivity contribution in [3.63, 3.8) is 0 Å². The Kier molecular flexibility index (Phi) is 5.22. The maximum absolute atomic E-state index is 13.3. The number of halogens is 1. The molecule has 1 aliphatic heterocycles. The third-order valence-electron chi connectivity index (χ3n) is 4.13. The predicted octanol–water partition coefficient (Wildman–Crippen LogP) is 1.12. The van der Waals surface area contributed by atoms with Gasteiger partial charge in [0.05, 0.1) is 13.2 Å². The van der Waals surface area contributed by atoms with Crippen LogP contribution in [0.2, 0.25) is 0 Å². The summed E-state index contributed by atoms with van der Waals surface area (Å²) >= 11 is 0. The van der Waals surface area contributed by atoms with Gasteiger partial charge in [0.15, 0.2) is 0 Å². The molecule has 1 aromatic heterocycles. The zero-order chi connectivity index (χ0) is 16.9. The number of carbonyl (C=O) groups is 1. The van der Waals surface area contributed by atoms with Gasteiger partial charge < -0.3 is 15.0 Å². The molecular weight excluding hydrogens is 313 g/mol. The summed E-state index contributed by atoms with van der Waals surface area (Å²) in [7, 11) is 0. The second-order valence-corrected chi connectivity index (χ2v) is 5.78. The van der Waals surface area contributed by atoms with Gasteiger partial charge in [-0.25, -0.2) is 4.39 Å². The summed E-state index contributed by atoms with van der Waals surface area (Å²) in [6, 6.07) is 3.89. The van der Waals surface area contributed by atoms with E-state index in [0.29, 0.717) is 12.1 Å². The standard InChI is InChI=1S/C17H20FN3O3/c18-12-2-3-15-13(10-12)16(22)14(11-20-15)17(23)19-4-1-5-21-6-8-24-9-7-21/h2-3,10-11H,1,4-9H2,(H,19,23)(H,20,22). The van der Waals surface area contributed by atoms with Gasteiger partial charge in [-0.1, -0.05) is 0 Å². The molecule has 128 valence electrons. The lowest BCUT2D eigenvalue weighted by molar-refractivity contribution is 0.0374. The molecule has 0 saturated carbocycles. The van der Waals surface area contributed by atoms with Crippen molar-refractivity contribution in [1.29, 1.82) is 0 Å². The maximum Gasteiger partial charge on any atom is 0.256 e. The highest BCUT2D eigenvalue weighted by Gasteiger charge is 2.14. The molecule has 2 N–H and O–H groups in total. The van der Waals surface area contributed by atoms with Gasteiger partial charge in [0, 0.05) is 36.7 Å². The summed E-state index contributed by atoms with van der Waals surface area (Å²) in [6.07, 6.45) is 2.17. The Labute approximate surface area is 138 Å². The van der Waals surface area contributed by atoms with E-state index in [9.17, 15) is 14.0 Å². The number of nitrogens with one attached hydrogen (secondary N) is 2. The van der Waals surface area contributed by atoms with E-state index in [2.05, 4.69) is 15.2 Å². The number of fused-ring (bicyclic) bond motifs is 1. The number of carbonyl (C=O) groups excluding carboxylic acids is 1. The predicted molar refractivity (Wildman–Crippen MR) is 88.7 cm³/mol. The van der Waals surface area contributed by atoms with Crippen molar-refractivity contribution in [3.8, 4) is 0 Å². The number of morpholine rings is 1. The Bertz CT molecular complexity index is 784. The lowest BCUT2D eigenvalue weighted by atomic mass is 10.1. The zero-order valence-electron chi connectivity index (χ0n) is 13.3. The maximum atomic E-state index is 13.3. The van der Waals surface area contributed by atoms with E-state index in [4.69, 9.17) is 4.74 Å². The Morgan fingerprint density at radius 2 is 2.12 bits per heavy atom. The van der Waals surface area contributed by atoms with E-state index >= 15 is 0 Å². The number of aromatic amines is 1. The molecule has 7 heteroatoms. The van der Waals surface area contributed by atoms with E-state index in [1.165, 1.54) is 18.3 Å². The molecule has 1 aromatic carbocycles. The highest BCUT2D eigenvalue weighted by Crippen LogP contribution is 2.10. The number of pyridine rings is 1. The second kappa shape index (κ2) is 7.55. The minimum Gasteiger partial charge on any atom is -0.379 e. The molecule has 0 radical (unpaired) electrons. The molecule has 3 rings (SSSR count). The third-order valence-corrected chi connectivity index (χ3v) is 4.13. The molecular formula is C17H20FN3O3. The number of hydrogen-bond donors (Lipinski definition) is 2. The van der Waals surface area contributed by atoms with Crippen LogP contribution in [0.4, 0.5) is 4.39 Å².